The number of para-hydroxylation sites is 1. The summed E-state index contributed by atoms with van der Waals surface area (Å²) in [5.41, 5.74) is 3.77. The van der Waals surface area contributed by atoms with E-state index < -0.39 is 5.97 Å². The Morgan fingerprint density at radius 3 is 2.52 bits per heavy atom. The fourth-order valence-electron chi connectivity index (χ4n) is 3.55. The number of nitrogens with zero attached hydrogens (tertiary/aromatic N) is 1. The number of rotatable bonds is 4. The number of fused-ring (bicyclic) bond motifs is 1. The van der Waals surface area contributed by atoms with E-state index in [0.717, 1.165) is 17.7 Å². The monoisotopic (exact) mass is 399 g/mol. The van der Waals surface area contributed by atoms with E-state index in [0.29, 0.717) is 10.1 Å². The quantitative estimate of drug-likeness (QED) is 0.718. The molecule has 0 radical (unpaired) electrons. The lowest BCUT2D eigenvalue weighted by molar-refractivity contribution is -0.122. The van der Waals surface area contributed by atoms with Crippen LogP contribution in [0.3, 0.4) is 0 Å². The van der Waals surface area contributed by atoms with Crippen LogP contribution in [-0.4, -0.2) is 36.0 Å². The predicted molar refractivity (Wildman–Crippen MR) is 111 cm³/mol. The number of hydrogen-bond acceptors (Lipinski definition) is 5. The molecule has 1 fully saturated rings. The summed E-state index contributed by atoms with van der Waals surface area (Å²) in [5, 5.41) is 0. The SMILES string of the molecule is CC1Cc2ccccc2N1C(=O)COC(=O)c1ccc(C2SCCS2)cc1. The predicted octanol–water partition coefficient (Wildman–Crippen LogP) is 4.30. The first kappa shape index (κ1) is 18.4. The van der Waals surface area contributed by atoms with E-state index in [-0.39, 0.29) is 18.6 Å². The molecule has 0 bridgehead atoms. The van der Waals surface area contributed by atoms with Gasteiger partial charge in [0.15, 0.2) is 6.61 Å². The number of ether oxygens (including phenoxy) is 1. The summed E-state index contributed by atoms with van der Waals surface area (Å²) in [6.07, 6.45) is 0.828. The van der Waals surface area contributed by atoms with E-state index in [1.807, 2.05) is 66.8 Å². The molecule has 1 amide bonds. The van der Waals surface area contributed by atoms with Crippen molar-refractivity contribution >= 4 is 41.1 Å². The third kappa shape index (κ3) is 3.87. The van der Waals surface area contributed by atoms with Crippen LogP contribution in [0.25, 0.3) is 0 Å². The second-order valence-electron chi connectivity index (χ2n) is 6.72. The van der Waals surface area contributed by atoms with Crippen molar-refractivity contribution in [1.29, 1.82) is 0 Å². The van der Waals surface area contributed by atoms with E-state index in [1.54, 1.807) is 17.0 Å². The van der Waals surface area contributed by atoms with Gasteiger partial charge in [0.2, 0.25) is 0 Å². The molecule has 4 rings (SSSR count). The molecule has 2 heterocycles. The summed E-state index contributed by atoms with van der Waals surface area (Å²) in [7, 11) is 0. The fourth-order valence-corrected chi connectivity index (χ4v) is 6.41. The smallest absolute Gasteiger partial charge is 0.338 e. The van der Waals surface area contributed by atoms with Gasteiger partial charge in [-0.3, -0.25) is 4.79 Å². The Morgan fingerprint density at radius 2 is 1.78 bits per heavy atom. The van der Waals surface area contributed by atoms with E-state index in [4.69, 9.17) is 4.74 Å². The van der Waals surface area contributed by atoms with Gasteiger partial charge in [-0.2, -0.15) is 0 Å². The zero-order chi connectivity index (χ0) is 18.8. The molecule has 0 aliphatic carbocycles. The lowest BCUT2D eigenvalue weighted by Gasteiger charge is -2.22. The molecule has 1 atom stereocenters. The van der Waals surface area contributed by atoms with Crippen molar-refractivity contribution in [2.75, 3.05) is 23.0 Å². The summed E-state index contributed by atoms with van der Waals surface area (Å²) < 4.78 is 5.74. The van der Waals surface area contributed by atoms with Crippen molar-refractivity contribution < 1.29 is 14.3 Å². The highest BCUT2D eigenvalue weighted by molar-refractivity contribution is 8.19. The highest BCUT2D eigenvalue weighted by atomic mass is 32.2. The first-order valence-corrected chi connectivity index (χ1v) is 11.1. The molecule has 2 aromatic rings. The van der Waals surface area contributed by atoms with Crippen molar-refractivity contribution in [2.24, 2.45) is 0 Å². The van der Waals surface area contributed by atoms with Gasteiger partial charge in [0.05, 0.1) is 10.1 Å². The zero-order valence-electron chi connectivity index (χ0n) is 15.1. The van der Waals surface area contributed by atoms with Gasteiger partial charge in [-0.25, -0.2) is 4.79 Å². The summed E-state index contributed by atoms with van der Waals surface area (Å²) in [6.45, 7) is 1.77. The van der Waals surface area contributed by atoms with Gasteiger partial charge in [0.25, 0.3) is 5.91 Å². The lowest BCUT2D eigenvalue weighted by atomic mass is 10.1. The topological polar surface area (TPSA) is 46.6 Å². The van der Waals surface area contributed by atoms with Gasteiger partial charge in [0, 0.05) is 23.2 Å². The molecule has 1 saturated heterocycles. The summed E-state index contributed by atoms with van der Waals surface area (Å²) in [4.78, 5) is 26.7. The van der Waals surface area contributed by atoms with E-state index in [9.17, 15) is 9.59 Å². The van der Waals surface area contributed by atoms with Crippen LogP contribution < -0.4 is 4.90 Å². The summed E-state index contributed by atoms with van der Waals surface area (Å²) in [6, 6.07) is 15.5. The van der Waals surface area contributed by atoms with E-state index in [1.165, 1.54) is 17.1 Å². The Kier molecular flexibility index (Phi) is 5.45. The lowest BCUT2D eigenvalue weighted by Crippen LogP contribution is -2.38. The van der Waals surface area contributed by atoms with Crippen molar-refractivity contribution in [2.45, 2.75) is 24.0 Å². The minimum atomic E-state index is -0.457. The van der Waals surface area contributed by atoms with Crippen LogP contribution in [0.2, 0.25) is 0 Å². The standard InChI is InChI=1S/C21H21NO3S2/c1-14-12-17-4-2-3-5-18(17)22(14)19(23)13-25-20(24)15-6-8-16(9-7-15)21-26-10-11-27-21/h2-9,14,21H,10-13H2,1H3. The second-order valence-corrected chi connectivity index (χ2v) is 9.44. The fraction of sp³-hybridized carbons (Fsp3) is 0.333. The molecule has 0 saturated carbocycles. The Labute approximate surface area is 167 Å². The number of amides is 1. The van der Waals surface area contributed by atoms with Gasteiger partial charge >= 0.3 is 5.97 Å². The molecule has 27 heavy (non-hydrogen) atoms. The molecule has 0 aromatic heterocycles. The Bertz CT molecular complexity index is 847. The van der Waals surface area contributed by atoms with E-state index >= 15 is 0 Å². The summed E-state index contributed by atoms with van der Waals surface area (Å²) in [5.74, 6) is 1.69. The Balaban J connectivity index is 1.37. The van der Waals surface area contributed by atoms with Crippen LogP contribution in [0.1, 0.15) is 33.0 Å². The maximum absolute atomic E-state index is 12.6. The van der Waals surface area contributed by atoms with Gasteiger partial charge in [-0.1, -0.05) is 30.3 Å². The molecular weight excluding hydrogens is 378 g/mol. The molecule has 1 unspecified atom stereocenters. The Hall–Kier alpha value is -1.92. The average Bonchev–Trinajstić information content (AvgIpc) is 3.33. The number of carbonyl (C=O) groups excluding carboxylic acids is 2. The molecule has 0 spiro atoms. The molecular formula is C21H21NO3S2. The minimum Gasteiger partial charge on any atom is -0.452 e. The van der Waals surface area contributed by atoms with Gasteiger partial charge in [0.1, 0.15) is 0 Å². The first-order chi connectivity index (χ1) is 13.1. The van der Waals surface area contributed by atoms with Crippen LogP contribution in [0.5, 0.6) is 0 Å². The number of thioether (sulfide) groups is 2. The number of esters is 1. The van der Waals surface area contributed by atoms with Crippen molar-refractivity contribution in [1.82, 2.24) is 0 Å². The van der Waals surface area contributed by atoms with Crippen LogP contribution in [0, 0.1) is 0 Å². The molecule has 0 N–H and O–H groups in total. The number of carbonyl (C=O) groups is 2. The van der Waals surface area contributed by atoms with Gasteiger partial charge < -0.3 is 9.64 Å². The second kappa shape index (κ2) is 7.98. The van der Waals surface area contributed by atoms with Crippen LogP contribution in [0.4, 0.5) is 5.69 Å². The summed E-state index contributed by atoms with van der Waals surface area (Å²) >= 11 is 3.86. The molecule has 2 aromatic carbocycles. The number of benzene rings is 2. The van der Waals surface area contributed by atoms with Crippen molar-refractivity contribution in [3.63, 3.8) is 0 Å². The van der Waals surface area contributed by atoms with Crippen LogP contribution in [-0.2, 0) is 16.0 Å². The third-order valence-electron chi connectivity index (χ3n) is 4.84. The van der Waals surface area contributed by atoms with Crippen LogP contribution in [0.15, 0.2) is 48.5 Å². The van der Waals surface area contributed by atoms with Crippen molar-refractivity contribution in [3.05, 3.63) is 65.2 Å². The normalized spacial score (nSPS) is 19.1. The average molecular weight is 400 g/mol. The van der Waals surface area contributed by atoms with Crippen molar-refractivity contribution in [3.8, 4) is 0 Å². The number of anilines is 1. The third-order valence-corrected chi connectivity index (χ3v) is 7.95. The maximum Gasteiger partial charge on any atom is 0.338 e. The molecule has 140 valence electrons. The molecule has 2 aliphatic heterocycles. The molecule has 2 aliphatic rings. The maximum atomic E-state index is 12.6. The highest BCUT2D eigenvalue weighted by Gasteiger charge is 2.31. The van der Waals surface area contributed by atoms with Gasteiger partial charge in [-0.15, -0.1) is 23.5 Å². The molecule has 6 heteroatoms. The highest BCUT2D eigenvalue weighted by Crippen LogP contribution is 2.45. The van der Waals surface area contributed by atoms with Crippen LogP contribution >= 0.6 is 23.5 Å². The first-order valence-electron chi connectivity index (χ1n) is 9.04. The largest absolute Gasteiger partial charge is 0.452 e. The molecule has 4 nitrogen and oxygen atoms in total. The minimum absolute atomic E-state index is 0.0781. The Morgan fingerprint density at radius 1 is 1.07 bits per heavy atom. The van der Waals surface area contributed by atoms with E-state index in [2.05, 4.69) is 0 Å². The number of hydrogen-bond donors (Lipinski definition) is 0. The zero-order valence-corrected chi connectivity index (χ0v) is 16.7. The van der Waals surface area contributed by atoms with Gasteiger partial charge in [-0.05, 0) is 42.7 Å².